The van der Waals surface area contributed by atoms with Gasteiger partial charge in [-0.2, -0.15) is 0 Å². The van der Waals surface area contributed by atoms with Crippen LogP contribution >= 0.6 is 0 Å². The molecule has 0 heterocycles. The van der Waals surface area contributed by atoms with E-state index < -0.39 is 19.3 Å². The van der Waals surface area contributed by atoms with Crippen LogP contribution in [0.1, 0.15) is 48.1 Å². The van der Waals surface area contributed by atoms with Crippen LogP contribution in [0.4, 0.5) is 0 Å². The standard InChI is InChI=1S/C10H16O/c1-7(2)9-5-4-8(3)6-10(9)11/h8H,4-6H2,1-3H3/t8-/m0/s1/i1D3,2D3,11+2. The zero-order chi connectivity index (χ0) is 13.4. The molecule has 1 heteroatoms. The van der Waals surface area contributed by atoms with Gasteiger partial charge in [-0.05, 0) is 38.0 Å². The summed E-state index contributed by atoms with van der Waals surface area (Å²) in [6, 6.07) is 0. The largest absolute Gasteiger partial charge is 0.295 e. The SMILES string of the molecule is [2H]C([2H])([2H])C(=C1CC[C@H](C)CC1=[18O])C([2H])([2H])[2H]. The van der Waals surface area contributed by atoms with Gasteiger partial charge < -0.3 is 0 Å². The summed E-state index contributed by atoms with van der Waals surface area (Å²) in [5.74, 6) is -0.133. The fourth-order valence-corrected chi connectivity index (χ4v) is 1.34. The predicted molar refractivity (Wildman–Crippen MR) is 46.4 cm³/mol. The van der Waals surface area contributed by atoms with E-state index in [-0.39, 0.29) is 30.1 Å². The minimum absolute atomic E-state index is 0.00287. The summed E-state index contributed by atoms with van der Waals surface area (Å²) in [4.78, 5) is 11.8. The minimum atomic E-state index is -2.73. The molecule has 0 bridgehead atoms. The average molecular weight is 160 g/mol. The van der Waals surface area contributed by atoms with Crippen LogP contribution in [-0.2, 0) is 4.79 Å². The van der Waals surface area contributed by atoms with Gasteiger partial charge in [-0.15, -0.1) is 0 Å². The van der Waals surface area contributed by atoms with Gasteiger partial charge >= 0.3 is 0 Å². The van der Waals surface area contributed by atoms with Gasteiger partial charge in [-0.25, -0.2) is 0 Å². The highest BCUT2D eigenvalue weighted by molar-refractivity contribution is 5.96. The van der Waals surface area contributed by atoms with E-state index in [1.54, 1.807) is 0 Å². The lowest BCUT2D eigenvalue weighted by atomic mass is 9.84. The topological polar surface area (TPSA) is 17.1 Å². The summed E-state index contributed by atoms with van der Waals surface area (Å²) in [5.41, 5.74) is -0.634. The lowest BCUT2D eigenvalue weighted by Gasteiger charge is -2.19. The van der Waals surface area contributed by atoms with Crippen molar-refractivity contribution in [2.45, 2.75) is 39.9 Å². The summed E-state index contributed by atoms with van der Waals surface area (Å²) in [6.45, 7) is -3.55. The van der Waals surface area contributed by atoms with Crippen molar-refractivity contribution in [1.29, 1.82) is 0 Å². The van der Waals surface area contributed by atoms with E-state index in [1.807, 2.05) is 6.92 Å². The van der Waals surface area contributed by atoms with Crippen LogP contribution in [0, 0.1) is 5.92 Å². The van der Waals surface area contributed by atoms with E-state index in [2.05, 4.69) is 0 Å². The van der Waals surface area contributed by atoms with Crippen LogP contribution in [0.3, 0.4) is 0 Å². The van der Waals surface area contributed by atoms with E-state index >= 15 is 0 Å². The molecule has 0 aromatic carbocycles. The van der Waals surface area contributed by atoms with E-state index in [0.29, 0.717) is 6.42 Å². The van der Waals surface area contributed by atoms with Crippen LogP contribution in [0.25, 0.3) is 0 Å². The van der Waals surface area contributed by atoms with E-state index in [4.69, 9.17) is 8.22 Å². The minimum Gasteiger partial charge on any atom is -0.295 e. The number of hydrogen-bond donors (Lipinski definition) is 0. The molecule has 1 saturated carbocycles. The molecule has 0 aromatic rings. The first-order valence-corrected chi connectivity index (χ1v) is 3.81. The van der Waals surface area contributed by atoms with E-state index in [1.165, 1.54) is 0 Å². The third kappa shape index (κ3) is 1.92. The molecule has 1 aliphatic carbocycles. The van der Waals surface area contributed by atoms with Crippen LogP contribution in [0.2, 0.25) is 0 Å². The molecule has 1 fully saturated rings. The second-order valence-electron chi connectivity index (χ2n) is 3.12. The van der Waals surface area contributed by atoms with Crippen LogP contribution < -0.4 is 0 Å². The molecule has 0 saturated heterocycles. The monoisotopic (exact) mass is 160 g/mol. The van der Waals surface area contributed by atoms with Gasteiger partial charge in [0, 0.05) is 14.6 Å². The number of carbonyl (C=O) groups is 1. The van der Waals surface area contributed by atoms with Crippen molar-refractivity contribution in [2.24, 2.45) is 5.92 Å². The average Bonchev–Trinajstić information content (AvgIpc) is 2.04. The molecule has 0 N–H and O–H groups in total. The molecule has 1 nitrogen and oxygen atoms in total. The molecule has 0 amide bonds. The van der Waals surface area contributed by atoms with Crippen molar-refractivity contribution in [3.8, 4) is 0 Å². The van der Waals surface area contributed by atoms with Crippen molar-refractivity contribution >= 4 is 5.78 Å². The first-order valence-electron chi connectivity index (χ1n) is 6.81. The fourth-order valence-electron chi connectivity index (χ4n) is 1.34. The third-order valence-electron chi connectivity index (χ3n) is 2.06. The van der Waals surface area contributed by atoms with Crippen LogP contribution in [0.5, 0.6) is 0 Å². The Kier molecular flexibility index (Phi) is 0.997. The molecule has 0 unspecified atom stereocenters. The van der Waals surface area contributed by atoms with Crippen molar-refractivity contribution in [1.82, 2.24) is 0 Å². The predicted octanol–water partition coefficient (Wildman–Crippen LogP) is 2.71. The molecule has 1 atom stereocenters. The van der Waals surface area contributed by atoms with Crippen LogP contribution in [-0.4, -0.2) is 5.78 Å². The Morgan fingerprint density at radius 3 is 2.91 bits per heavy atom. The Bertz CT molecular complexity index is 333. The maximum Gasteiger partial charge on any atom is 0.159 e. The Labute approximate surface area is 76.9 Å². The number of rotatable bonds is 0. The van der Waals surface area contributed by atoms with Gasteiger partial charge in [0.25, 0.3) is 0 Å². The van der Waals surface area contributed by atoms with E-state index in [9.17, 15) is 4.79 Å². The molecule has 11 heavy (non-hydrogen) atoms. The maximum atomic E-state index is 11.8. The van der Waals surface area contributed by atoms with Gasteiger partial charge in [0.2, 0.25) is 0 Å². The highest BCUT2D eigenvalue weighted by Crippen LogP contribution is 2.26. The Balaban J connectivity index is 3.25. The van der Waals surface area contributed by atoms with Crippen molar-refractivity contribution in [3.05, 3.63) is 11.1 Å². The first kappa shape index (κ1) is 3.42. The lowest BCUT2D eigenvalue weighted by molar-refractivity contribution is -0.117. The van der Waals surface area contributed by atoms with Crippen LogP contribution in [0.15, 0.2) is 11.1 Å². The first-order chi connectivity index (χ1) is 7.53. The molecule has 1 aliphatic rings. The van der Waals surface area contributed by atoms with Crippen molar-refractivity contribution < 1.29 is 13.0 Å². The summed E-state index contributed by atoms with van der Waals surface area (Å²) < 4.78 is 43.7. The van der Waals surface area contributed by atoms with Gasteiger partial charge in [0.15, 0.2) is 5.78 Å². The van der Waals surface area contributed by atoms with Crippen molar-refractivity contribution in [2.75, 3.05) is 0 Å². The quantitative estimate of drug-likeness (QED) is 0.393. The fraction of sp³-hybridized carbons (Fsp3) is 0.700. The number of hydrogen-bond acceptors (Lipinski definition) is 1. The summed E-state index contributed by atoms with van der Waals surface area (Å²) >= 11 is 0. The molecule has 0 spiro atoms. The lowest BCUT2D eigenvalue weighted by Crippen LogP contribution is -2.16. The van der Waals surface area contributed by atoms with Gasteiger partial charge in [-0.3, -0.25) is 4.79 Å². The summed E-state index contributed by atoms with van der Waals surface area (Å²) in [6.07, 6.45) is 1.16. The molecular formula is C10H16O. The number of carbonyl (C=O) groups excluding carboxylic acids is 1. The Morgan fingerprint density at radius 2 is 2.36 bits per heavy atom. The summed E-state index contributed by atoms with van der Waals surface area (Å²) in [5, 5.41) is 0. The van der Waals surface area contributed by atoms with Crippen molar-refractivity contribution in [3.63, 3.8) is 0 Å². The zero-order valence-corrected chi connectivity index (χ0v) is 6.61. The molecule has 1 rings (SSSR count). The summed E-state index contributed by atoms with van der Waals surface area (Å²) in [7, 11) is 0. The third-order valence-corrected chi connectivity index (χ3v) is 2.06. The number of ketones is 1. The molecule has 62 valence electrons. The normalized spacial score (nSPS) is 35.9. The Morgan fingerprint density at radius 1 is 1.64 bits per heavy atom. The van der Waals surface area contributed by atoms with Gasteiger partial charge in [-0.1, -0.05) is 12.5 Å². The molecule has 0 aliphatic heterocycles. The maximum absolute atomic E-state index is 11.8. The molecule has 0 aromatic heterocycles. The zero-order valence-electron chi connectivity index (χ0n) is 12.6. The molecular weight excluding hydrogens is 138 g/mol. The van der Waals surface area contributed by atoms with E-state index in [0.717, 1.165) is 0 Å². The number of Topliss-reactive ketones (excluding diaryl/α,β-unsaturated/α-hetero) is 1. The van der Waals surface area contributed by atoms with Gasteiger partial charge in [0.05, 0.1) is 0 Å². The highest BCUT2D eigenvalue weighted by Gasteiger charge is 2.20. The Hall–Kier alpha value is -0.590. The smallest absolute Gasteiger partial charge is 0.159 e. The number of allylic oxidation sites excluding steroid dienone is 2. The second kappa shape index (κ2) is 3.21. The molecule has 0 radical (unpaired) electrons. The second-order valence-corrected chi connectivity index (χ2v) is 3.12. The highest BCUT2D eigenvalue weighted by atomic mass is 18.1. The van der Waals surface area contributed by atoms with Gasteiger partial charge in [0.1, 0.15) is 0 Å².